The van der Waals surface area contributed by atoms with Gasteiger partial charge in [0, 0.05) is 13.0 Å². The Morgan fingerprint density at radius 3 is 2.31 bits per heavy atom. The van der Waals surface area contributed by atoms with Crippen LogP contribution in [0.1, 0.15) is 39.7 Å². The molecule has 3 amide bonds. The maximum atomic E-state index is 12.6. The number of primary amides is 1. The largest absolute Gasteiger partial charge is 0.444 e. The first-order valence-corrected chi connectivity index (χ1v) is 8.73. The number of nitrogens with one attached hydrogen (secondary N) is 1. The highest BCUT2D eigenvalue weighted by Crippen LogP contribution is 2.11. The van der Waals surface area contributed by atoms with Gasteiger partial charge >= 0.3 is 6.09 Å². The molecule has 7 heteroatoms. The molecule has 0 fully saturated rings. The molecule has 7 nitrogen and oxygen atoms in total. The molecule has 26 heavy (non-hydrogen) atoms. The van der Waals surface area contributed by atoms with Gasteiger partial charge in [0.05, 0.1) is 0 Å². The lowest BCUT2D eigenvalue weighted by atomic mass is 10.0. The molecule has 0 saturated carbocycles. The molecular formula is C19H29N3O4. The summed E-state index contributed by atoms with van der Waals surface area (Å²) in [5.41, 5.74) is 5.80. The number of ether oxygens (including phenoxy) is 1. The highest BCUT2D eigenvalue weighted by Gasteiger charge is 2.28. The molecular weight excluding hydrogens is 334 g/mol. The lowest BCUT2D eigenvalue weighted by Crippen LogP contribution is -2.52. The van der Waals surface area contributed by atoms with Crippen molar-refractivity contribution in [1.29, 1.82) is 0 Å². The van der Waals surface area contributed by atoms with Crippen molar-refractivity contribution in [2.24, 2.45) is 5.73 Å². The maximum absolute atomic E-state index is 12.6. The summed E-state index contributed by atoms with van der Waals surface area (Å²) in [5, 5.41) is 2.43. The number of amides is 3. The fourth-order valence-electron chi connectivity index (χ4n) is 2.46. The van der Waals surface area contributed by atoms with Crippen LogP contribution in [0.15, 0.2) is 30.3 Å². The van der Waals surface area contributed by atoms with Crippen molar-refractivity contribution < 1.29 is 19.1 Å². The first kappa shape index (κ1) is 21.5. The molecule has 0 spiro atoms. The van der Waals surface area contributed by atoms with E-state index >= 15 is 0 Å². The van der Waals surface area contributed by atoms with Gasteiger partial charge in [0.2, 0.25) is 11.8 Å². The summed E-state index contributed by atoms with van der Waals surface area (Å²) in [6.45, 7) is 7.23. The second-order valence-electron chi connectivity index (χ2n) is 7.05. The van der Waals surface area contributed by atoms with Gasteiger partial charge in [-0.2, -0.15) is 0 Å². The van der Waals surface area contributed by atoms with Crippen LogP contribution >= 0.6 is 0 Å². The molecule has 1 rings (SSSR count). The molecule has 0 radical (unpaired) electrons. The smallest absolute Gasteiger partial charge is 0.408 e. The second kappa shape index (κ2) is 9.79. The van der Waals surface area contributed by atoms with Gasteiger partial charge in [-0.1, -0.05) is 37.3 Å². The molecule has 0 aromatic heterocycles. The van der Waals surface area contributed by atoms with Crippen LogP contribution in [0.3, 0.4) is 0 Å². The van der Waals surface area contributed by atoms with E-state index in [0.717, 1.165) is 5.56 Å². The van der Waals surface area contributed by atoms with Crippen LogP contribution in [0.4, 0.5) is 4.79 Å². The van der Waals surface area contributed by atoms with Crippen molar-refractivity contribution in [1.82, 2.24) is 10.2 Å². The zero-order valence-corrected chi connectivity index (χ0v) is 16.0. The van der Waals surface area contributed by atoms with E-state index in [-0.39, 0.29) is 12.5 Å². The average Bonchev–Trinajstić information content (AvgIpc) is 2.55. The van der Waals surface area contributed by atoms with E-state index in [1.165, 1.54) is 4.90 Å². The summed E-state index contributed by atoms with van der Waals surface area (Å²) in [7, 11) is 0. The van der Waals surface area contributed by atoms with E-state index < -0.39 is 23.6 Å². The van der Waals surface area contributed by atoms with Crippen molar-refractivity contribution in [3.8, 4) is 0 Å². The van der Waals surface area contributed by atoms with Crippen LogP contribution in [0.25, 0.3) is 0 Å². The van der Waals surface area contributed by atoms with Crippen molar-refractivity contribution in [2.75, 3.05) is 13.1 Å². The average molecular weight is 363 g/mol. The molecule has 0 unspecified atom stereocenters. The van der Waals surface area contributed by atoms with Crippen LogP contribution in [-0.2, 0) is 20.7 Å². The normalized spacial score (nSPS) is 12.2. The number of rotatable bonds is 8. The van der Waals surface area contributed by atoms with Gasteiger partial charge in [0.15, 0.2) is 0 Å². The third kappa shape index (κ3) is 7.55. The van der Waals surface area contributed by atoms with Gasteiger partial charge < -0.3 is 20.7 Å². The van der Waals surface area contributed by atoms with Gasteiger partial charge in [-0.15, -0.1) is 0 Å². The van der Waals surface area contributed by atoms with E-state index in [9.17, 15) is 14.4 Å². The molecule has 1 aromatic carbocycles. The zero-order valence-electron chi connectivity index (χ0n) is 16.0. The Labute approximate surface area is 154 Å². The Morgan fingerprint density at radius 2 is 1.81 bits per heavy atom. The minimum atomic E-state index is -0.773. The lowest BCUT2D eigenvalue weighted by molar-refractivity contribution is -0.138. The van der Waals surface area contributed by atoms with Crippen molar-refractivity contribution in [2.45, 2.75) is 52.2 Å². The minimum Gasteiger partial charge on any atom is -0.444 e. The lowest BCUT2D eigenvalue weighted by Gasteiger charge is -2.30. The Morgan fingerprint density at radius 1 is 1.19 bits per heavy atom. The van der Waals surface area contributed by atoms with Crippen LogP contribution in [0, 0.1) is 0 Å². The van der Waals surface area contributed by atoms with Crippen molar-refractivity contribution >= 4 is 17.9 Å². The van der Waals surface area contributed by atoms with Gasteiger partial charge in [0.1, 0.15) is 18.2 Å². The molecule has 1 atom stereocenters. The summed E-state index contributed by atoms with van der Waals surface area (Å²) in [6.07, 6.45) is 0.312. The molecule has 0 aliphatic heterocycles. The van der Waals surface area contributed by atoms with Crippen molar-refractivity contribution in [3.05, 3.63) is 35.9 Å². The van der Waals surface area contributed by atoms with E-state index in [1.807, 2.05) is 37.3 Å². The van der Waals surface area contributed by atoms with Gasteiger partial charge in [-0.05, 0) is 32.8 Å². The number of hydrogen-bond acceptors (Lipinski definition) is 4. The summed E-state index contributed by atoms with van der Waals surface area (Å²) < 4.78 is 5.12. The number of hydrogen-bond donors (Lipinski definition) is 2. The highest BCUT2D eigenvalue weighted by molar-refractivity contribution is 5.89. The fraction of sp³-hybridized carbons (Fsp3) is 0.526. The second-order valence-corrected chi connectivity index (χ2v) is 7.05. The monoisotopic (exact) mass is 363 g/mol. The predicted molar refractivity (Wildman–Crippen MR) is 99.4 cm³/mol. The van der Waals surface area contributed by atoms with Crippen LogP contribution < -0.4 is 11.1 Å². The third-order valence-corrected chi connectivity index (χ3v) is 3.54. The van der Waals surface area contributed by atoms with Gasteiger partial charge in [-0.25, -0.2) is 4.79 Å². The number of carbonyl (C=O) groups is 3. The van der Waals surface area contributed by atoms with Crippen LogP contribution in [-0.4, -0.2) is 47.5 Å². The molecule has 0 bridgehead atoms. The van der Waals surface area contributed by atoms with E-state index in [0.29, 0.717) is 19.4 Å². The summed E-state index contributed by atoms with van der Waals surface area (Å²) in [6, 6.07) is 8.59. The van der Waals surface area contributed by atoms with E-state index in [4.69, 9.17) is 10.5 Å². The Bertz CT molecular complexity index is 611. The molecule has 0 saturated heterocycles. The number of carbonyl (C=O) groups excluding carboxylic acids is 3. The predicted octanol–water partition coefficient (Wildman–Crippen LogP) is 1.85. The molecule has 3 N–H and O–H groups in total. The van der Waals surface area contributed by atoms with Crippen LogP contribution in [0.2, 0.25) is 0 Å². The van der Waals surface area contributed by atoms with Gasteiger partial charge in [0.25, 0.3) is 0 Å². The molecule has 144 valence electrons. The Balaban J connectivity index is 2.80. The van der Waals surface area contributed by atoms with Crippen molar-refractivity contribution in [3.63, 3.8) is 0 Å². The minimum absolute atomic E-state index is 0.256. The molecule has 0 aliphatic rings. The molecule has 0 heterocycles. The van der Waals surface area contributed by atoms with Gasteiger partial charge in [-0.3, -0.25) is 9.59 Å². The molecule has 0 aliphatic carbocycles. The summed E-state index contributed by atoms with van der Waals surface area (Å²) >= 11 is 0. The first-order valence-electron chi connectivity index (χ1n) is 8.73. The topological polar surface area (TPSA) is 102 Å². The number of alkyl carbamates (subject to hydrolysis) is 1. The number of nitrogens with zero attached hydrogens (tertiary/aromatic N) is 1. The first-order chi connectivity index (χ1) is 12.1. The van der Waals surface area contributed by atoms with E-state index in [1.54, 1.807) is 20.8 Å². The standard InChI is InChI=1S/C19H29N3O4/c1-5-11-22(16(23)13-21-18(25)26-19(2,3)4)15(17(20)24)12-14-9-7-6-8-10-14/h6-10,15H,5,11-13H2,1-4H3,(H2,20,24)(H,21,25)/t15-/m0/s1. The summed E-state index contributed by atoms with van der Waals surface area (Å²) in [5.74, 6) is -0.953. The third-order valence-electron chi connectivity index (χ3n) is 3.54. The quantitative estimate of drug-likeness (QED) is 0.736. The zero-order chi connectivity index (χ0) is 19.7. The number of benzene rings is 1. The fourth-order valence-corrected chi connectivity index (χ4v) is 2.46. The summed E-state index contributed by atoms with van der Waals surface area (Å²) in [4.78, 5) is 37.7. The SMILES string of the molecule is CCCN(C(=O)CNC(=O)OC(C)(C)C)[C@@H](Cc1ccccc1)C(N)=O. The maximum Gasteiger partial charge on any atom is 0.408 e. The number of nitrogens with two attached hydrogens (primary N) is 1. The Kier molecular flexibility index (Phi) is 8.09. The highest BCUT2D eigenvalue weighted by atomic mass is 16.6. The Hall–Kier alpha value is -2.57. The van der Waals surface area contributed by atoms with Crippen LogP contribution in [0.5, 0.6) is 0 Å². The molecule has 1 aromatic rings. The van der Waals surface area contributed by atoms with E-state index in [2.05, 4.69) is 5.32 Å².